The van der Waals surface area contributed by atoms with E-state index in [9.17, 15) is 0 Å². The molecule has 2 heteroatoms. The Kier molecular flexibility index (Phi) is 4.65. The molecule has 0 spiro atoms. The van der Waals surface area contributed by atoms with E-state index in [1.807, 2.05) is 0 Å². The zero-order valence-corrected chi connectivity index (χ0v) is 13.3. The molecule has 0 heterocycles. The van der Waals surface area contributed by atoms with Crippen LogP contribution < -0.4 is 5.32 Å². The third-order valence-corrected chi connectivity index (χ3v) is 3.93. The zero-order chi connectivity index (χ0) is 13.8. The lowest BCUT2D eigenvalue weighted by molar-refractivity contribution is 0.748. The van der Waals surface area contributed by atoms with Gasteiger partial charge in [-0.1, -0.05) is 47.1 Å². The molecule has 0 aliphatic carbocycles. The van der Waals surface area contributed by atoms with Gasteiger partial charge >= 0.3 is 0 Å². The van der Waals surface area contributed by atoms with E-state index < -0.39 is 0 Å². The number of nitrogens with one attached hydrogen (secondary N) is 1. The number of halogens is 1. The van der Waals surface area contributed by atoms with Crippen LogP contribution in [0.3, 0.4) is 0 Å². The van der Waals surface area contributed by atoms with Gasteiger partial charge in [0.1, 0.15) is 0 Å². The highest BCUT2D eigenvalue weighted by molar-refractivity contribution is 9.10. The van der Waals surface area contributed by atoms with E-state index in [0.717, 1.165) is 10.9 Å². The summed E-state index contributed by atoms with van der Waals surface area (Å²) in [5, 5.41) is 3.66. The Morgan fingerprint density at radius 2 is 1.74 bits per heavy atom. The molecule has 0 aromatic heterocycles. The summed E-state index contributed by atoms with van der Waals surface area (Å²) in [5.41, 5.74) is 5.14. The van der Waals surface area contributed by atoms with Crippen molar-refractivity contribution in [2.24, 2.45) is 0 Å². The first-order valence-electron chi connectivity index (χ1n) is 6.69. The molecule has 0 radical (unpaired) electrons. The molecular weight excluding hydrogens is 298 g/mol. The maximum Gasteiger partial charge on any atom is 0.0511 e. The van der Waals surface area contributed by atoms with Crippen LogP contribution in [-0.4, -0.2) is 0 Å². The van der Waals surface area contributed by atoms with Crippen LogP contribution in [0.5, 0.6) is 0 Å². The molecular formula is C17H20BrN. The van der Waals surface area contributed by atoms with Crippen LogP contribution in [0.1, 0.15) is 36.1 Å². The van der Waals surface area contributed by atoms with Gasteiger partial charge in [0.25, 0.3) is 0 Å². The van der Waals surface area contributed by atoms with Crippen LogP contribution in [0.4, 0.5) is 5.69 Å². The summed E-state index contributed by atoms with van der Waals surface area (Å²) >= 11 is 3.48. The summed E-state index contributed by atoms with van der Waals surface area (Å²) < 4.78 is 1.12. The van der Waals surface area contributed by atoms with Crippen LogP contribution in [0, 0.1) is 13.8 Å². The van der Waals surface area contributed by atoms with E-state index >= 15 is 0 Å². The van der Waals surface area contributed by atoms with Crippen molar-refractivity contribution in [3.05, 3.63) is 63.6 Å². The van der Waals surface area contributed by atoms with E-state index in [1.54, 1.807) is 0 Å². The average molecular weight is 318 g/mol. The van der Waals surface area contributed by atoms with Gasteiger partial charge in [-0.2, -0.15) is 0 Å². The Morgan fingerprint density at radius 1 is 1.05 bits per heavy atom. The highest BCUT2D eigenvalue weighted by Gasteiger charge is 2.10. The molecule has 1 atom stereocenters. The van der Waals surface area contributed by atoms with Crippen molar-refractivity contribution in [3.63, 3.8) is 0 Å². The monoisotopic (exact) mass is 317 g/mol. The summed E-state index contributed by atoms with van der Waals surface area (Å²) in [6, 6.07) is 15.5. The second-order valence-electron chi connectivity index (χ2n) is 4.98. The lowest BCUT2D eigenvalue weighted by Gasteiger charge is -2.20. The Labute approximate surface area is 124 Å². The van der Waals surface area contributed by atoms with Crippen LogP contribution in [0.15, 0.2) is 46.9 Å². The van der Waals surface area contributed by atoms with E-state index in [2.05, 4.69) is 84.5 Å². The lowest BCUT2D eigenvalue weighted by Crippen LogP contribution is -2.10. The van der Waals surface area contributed by atoms with Crippen molar-refractivity contribution < 1.29 is 0 Å². The predicted molar refractivity (Wildman–Crippen MR) is 86.7 cm³/mol. The van der Waals surface area contributed by atoms with E-state index in [-0.39, 0.29) is 0 Å². The van der Waals surface area contributed by atoms with Crippen molar-refractivity contribution in [1.82, 2.24) is 0 Å². The minimum Gasteiger partial charge on any atom is -0.378 e. The maximum atomic E-state index is 3.66. The van der Waals surface area contributed by atoms with Gasteiger partial charge in [0.2, 0.25) is 0 Å². The van der Waals surface area contributed by atoms with Gasteiger partial charge in [0.05, 0.1) is 6.04 Å². The topological polar surface area (TPSA) is 12.0 Å². The first-order valence-corrected chi connectivity index (χ1v) is 7.48. The van der Waals surface area contributed by atoms with Gasteiger partial charge in [0.15, 0.2) is 0 Å². The Morgan fingerprint density at radius 3 is 2.37 bits per heavy atom. The van der Waals surface area contributed by atoms with Gasteiger partial charge in [-0.15, -0.1) is 0 Å². The van der Waals surface area contributed by atoms with Crippen molar-refractivity contribution >= 4 is 21.6 Å². The van der Waals surface area contributed by atoms with Crippen LogP contribution >= 0.6 is 15.9 Å². The summed E-state index contributed by atoms with van der Waals surface area (Å²) in [7, 11) is 0. The van der Waals surface area contributed by atoms with Crippen LogP contribution in [0.25, 0.3) is 0 Å². The zero-order valence-electron chi connectivity index (χ0n) is 11.7. The number of aryl methyl sites for hydroxylation is 2. The van der Waals surface area contributed by atoms with Gasteiger partial charge in [-0.3, -0.25) is 0 Å². The smallest absolute Gasteiger partial charge is 0.0511 e. The third kappa shape index (κ3) is 3.60. The summed E-state index contributed by atoms with van der Waals surface area (Å²) in [6.07, 6.45) is 1.06. The Hall–Kier alpha value is -1.28. The molecule has 2 aromatic carbocycles. The summed E-state index contributed by atoms with van der Waals surface area (Å²) in [6.45, 7) is 6.49. The normalized spacial score (nSPS) is 12.2. The van der Waals surface area contributed by atoms with Crippen molar-refractivity contribution in [2.45, 2.75) is 33.2 Å². The number of hydrogen-bond acceptors (Lipinski definition) is 1. The fourth-order valence-electron chi connectivity index (χ4n) is 2.20. The summed E-state index contributed by atoms with van der Waals surface area (Å²) in [5.74, 6) is 0. The molecule has 100 valence electrons. The van der Waals surface area contributed by atoms with Gasteiger partial charge in [-0.05, 0) is 55.2 Å². The third-order valence-electron chi connectivity index (χ3n) is 3.40. The SMILES string of the molecule is CCC(Nc1cc(C)ccc1C)c1ccc(Br)cc1. The molecule has 1 N–H and O–H groups in total. The molecule has 1 nitrogen and oxygen atoms in total. The van der Waals surface area contributed by atoms with Gasteiger partial charge in [0, 0.05) is 10.2 Å². The first kappa shape index (κ1) is 14.1. The molecule has 19 heavy (non-hydrogen) atoms. The van der Waals surface area contributed by atoms with Crippen LogP contribution in [-0.2, 0) is 0 Å². The van der Waals surface area contributed by atoms with E-state index in [1.165, 1.54) is 22.4 Å². The standard InChI is InChI=1S/C17H20BrN/c1-4-16(14-7-9-15(18)10-8-14)19-17-11-12(2)5-6-13(17)3/h5-11,16,19H,4H2,1-3H3. The Bertz CT molecular complexity index is 546. The number of rotatable bonds is 4. The maximum absolute atomic E-state index is 3.66. The minimum atomic E-state index is 0.355. The second kappa shape index (κ2) is 6.25. The second-order valence-corrected chi connectivity index (χ2v) is 5.89. The highest BCUT2D eigenvalue weighted by Crippen LogP contribution is 2.26. The minimum absolute atomic E-state index is 0.355. The van der Waals surface area contributed by atoms with E-state index in [4.69, 9.17) is 0 Å². The molecule has 0 fully saturated rings. The van der Waals surface area contributed by atoms with Crippen LogP contribution in [0.2, 0.25) is 0 Å². The number of hydrogen-bond donors (Lipinski definition) is 1. The molecule has 2 aromatic rings. The molecule has 0 saturated carbocycles. The highest BCUT2D eigenvalue weighted by atomic mass is 79.9. The fourth-order valence-corrected chi connectivity index (χ4v) is 2.46. The average Bonchev–Trinajstić information content (AvgIpc) is 2.41. The molecule has 2 rings (SSSR count). The van der Waals surface area contributed by atoms with Gasteiger partial charge in [-0.25, -0.2) is 0 Å². The molecule has 0 aliphatic rings. The number of anilines is 1. The van der Waals surface area contributed by atoms with E-state index in [0.29, 0.717) is 6.04 Å². The van der Waals surface area contributed by atoms with Gasteiger partial charge < -0.3 is 5.32 Å². The molecule has 1 unspecified atom stereocenters. The quantitative estimate of drug-likeness (QED) is 0.770. The van der Waals surface area contributed by atoms with Crippen molar-refractivity contribution in [3.8, 4) is 0 Å². The predicted octanol–water partition coefficient (Wildman–Crippen LogP) is 5.63. The number of benzene rings is 2. The molecule has 0 bridgehead atoms. The largest absolute Gasteiger partial charge is 0.378 e. The van der Waals surface area contributed by atoms with Crippen molar-refractivity contribution in [1.29, 1.82) is 0 Å². The first-order chi connectivity index (χ1) is 9.10. The Balaban J connectivity index is 2.23. The fraction of sp³-hybridized carbons (Fsp3) is 0.294. The molecule has 0 saturated heterocycles. The lowest BCUT2D eigenvalue weighted by atomic mass is 10.0. The summed E-state index contributed by atoms with van der Waals surface area (Å²) in [4.78, 5) is 0. The molecule has 0 amide bonds. The van der Waals surface area contributed by atoms with Crippen molar-refractivity contribution in [2.75, 3.05) is 5.32 Å². The molecule has 0 aliphatic heterocycles.